The second-order valence-electron chi connectivity index (χ2n) is 6.38. The number of carbonyl (C=O) groups excluding carboxylic acids is 1. The highest BCUT2D eigenvalue weighted by Crippen LogP contribution is 2.39. The summed E-state index contributed by atoms with van der Waals surface area (Å²) in [7, 11) is 0. The van der Waals surface area contributed by atoms with Crippen molar-refractivity contribution in [2.75, 3.05) is 13.1 Å². The number of rotatable bonds is 4. The van der Waals surface area contributed by atoms with E-state index in [0.717, 1.165) is 0 Å². The molecular weight excluding hydrogens is 384 g/mol. The lowest BCUT2D eigenvalue weighted by Crippen LogP contribution is -2.55. The van der Waals surface area contributed by atoms with Gasteiger partial charge in [-0.1, -0.05) is 17.7 Å². The summed E-state index contributed by atoms with van der Waals surface area (Å²) in [5.74, 6) is 0.370. The Kier molecular flexibility index (Phi) is 4.54. The number of likely N-dealkylation sites (tertiary alicyclic amines) is 1. The van der Waals surface area contributed by atoms with Gasteiger partial charge in [-0.25, -0.2) is 9.97 Å². The van der Waals surface area contributed by atoms with Crippen LogP contribution in [0.2, 0.25) is 5.15 Å². The van der Waals surface area contributed by atoms with Crippen molar-refractivity contribution in [3.8, 4) is 5.88 Å². The quantitative estimate of drug-likeness (QED) is 0.338. The zero-order valence-electron chi connectivity index (χ0n) is 14.8. The van der Waals surface area contributed by atoms with E-state index in [1.807, 2.05) is 0 Å². The number of aromatic nitrogens is 2. The zero-order valence-corrected chi connectivity index (χ0v) is 15.6. The van der Waals surface area contributed by atoms with Gasteiger partial charge in [-0.15, -0.1) is 0 Å². The summed E-state index contributed by atoms with van der Waals surface area (Å²) in [6, 6.07) is 1.65. The Labute approximate surface area is 164 Å². The van der Waals surface area contributed by atoms with Crippen LogP contribution in [0.5, 0.6) is 5.88 Å². The maximum atomic E-state index is 11.4. The molecule has 1 atom stereocenters. The highest BCUT2D eigenvalue weighted by Gasteiger charge is 2.35. The number of halogens is 1. The fourth-order valence-electron chi connectivity index (χ4n) is 3.14. The number of carbonyl (C=O) groups is 1. The first-order valence-corrected chi connectivity index (χ1v) is 8.85. The van der Waals surface area contributed by atoms with Crippen LogP contribution in [0.25, 0.3) is 21.2 Å². The van der Waals surface area contributed by atoms with E-state index in [1.165, 1.54) is 19.4 Å². The van der Waals surface area contributed by atoms with Crippen LogP contribution in [0, 0.1) is 0 Å². The molecule has 28 heavy (non-hydrogen) atoms. The third kappa shape index (κ3) is 3.11. The van der Waals surface area contributed by atoms with Crippen molar-refractivity contribution >= 4 is 28.3 Å². The molecule has 142 valence electrons. The third-order valence-corrected chi connectivity index (χ3v) is 4.82. The van der Waals surface area contributed by atoms with Crippen molar-refractivity contribution < 1.29 is 14.3 Å². The van der Waals surface area contributed by atoms with Crippen LogP contribution in [0.1, 0.15) is 12.5 Å². The van der Waals surface area contributed by atoms with Crippen LogP contribution in [-0.2, 0) is 15.3 Å². The van der Waals surface area contributed by atoms with Crippen LogP contribution in [0.3, 0.4) is 0 Å². The Morgan fingerprint density at radius 2 is 2.21 bits per heavy atom. The Morgan fingerprint density at radius 1 is 1.39 bits per heavy atom. The summed E-state index contributed by atoms with van der Waals surface area (Å²) in [4.78, 5) is 24.5. The standard InChI is InChI=1S/C18H15ClN6O3/c1-11(26)25-9-12(10-25)28-17-14-7-21-16(19)6-13(14)15(8-22-17)18(23-24-20)4-2-3-5-27-18/h2-8,12H,9-10H2,1H3/t18-/m0/s1. The molecule has 2 aromatic heterocycles. The molecule has 2 aliphatic heterocycles. The van der Waals surface area contributed by atoms with E-state index >= 15 is 0 Å². The summed E-state index contributed by atoms with van der Waals surface area (Å²) in [6.07, 6.45) is 9.42. The van der Waals surface area contributed by atoms with Gasteiger partial charge in [0.25, 0.3) is 0 Å². The van der Waals surface area contributed by atoms with E-state index in [4.69, 9.17) is 26.6 Å². The predicted octanol–water partition coefficient (Wildman–Crippen LogP) is 3.46. The van der Waals surface area contributed by atoms with Gasteiger partial charge >= 0.3 is 0 Å². The number of hydrogen-bond donors (Lipinski definition) is 0. The van der Waals surface area contributed by atoms with Crippen molar-refractivity contribution in [3.05, 3.63) is 64.1 Å². The first kappa shape index (κ1) is 18.1. The summed E-state index contributed by atoms with van der Waals surface area (Å²) >= 11 is 6.11. The lowest BCUT2D eigenvalue weighted by molar-refractivity contribution is -0.137. The monoisotopic (exact) mass is 398 g/mol. The van der Waals surface area contributed by atoms with Crippen LogP contribution >= 0.6 is 11.6 Å². The minimum Gasteiger partial charge on any atom is -0.480 e. The smallest absolute Gasteiger partial charge is 0.232 e. The average molecular weight is 399 g/mol. The molecule has 10 heteroatoms. The van der Waals surface area contributed by atoms with Crippen molar-refractivity contribution in [1.82, 2.24) is 14.9 Å². The molecule has 0 spiro atoms. The minimum absolute atomic E-state index is 0.00654. The number of fused-ring (bicyclic) bond motifs is 1. The van der Waals surface area contributed by atoms with E-state index < -0.39 is 5.72 Å². The van der Waals surface area contributed by atoms with Gasteiger partial charge in [-0.3, -0.25) is 4.79 Å². The van der Waals surface area contributed by atoms with Crippen molar-refractivity contribution in [3.63, 3.8) is 0 Å². The molecule has 0 saturated carbocycles. The lowest BCUT2D eigenvalue weighted by atomic mass is 9.98. The number of hydrogen-bond acceptors (Lipinski definition) is 6. The minimum atomic E-state index is -1.39. The molecule has 2 aliphatic rings. The largest absolute Gasteiger partial charge is 0.480 e. The molecule has 0 bridgehead atoms. The summed E-state index contributed by atoms with van der Waals surface area (Å²) < 4.78 is 11.6. The van der Waals surface area contributed by atoms with Gasteiger partial charge in [0.15, 0.2) is 0 Å². The molecule has 1 saturated heterocycles. The van der Waals surface area contributed by atoms with Gasteiger partial charge in [-0.05, 0) is 28.9 Å². The maximum Gasteiger partial charge on any atom is 0.232 e. The molecule has 0 aromatic carbocycles. The van der Waals surface area contributed by atoms with Gasteiger partial charge < -0.3 is 14.4 Å². The molecule has 1 amide bonds. The molecule has 0 N–H and O–H groups in total. The van der Waals surface area contributed by atoms with Crippen LogP contribution < -0.4 is 4.74 Å². The Balaban J connectivity index is 1.77. The van der Waals surface area contributed by atoms with Crippen molar-refractivity contribution in [1.29, 1.82) is 0 Å². The molecule has 9 nitrogen and oxygen atoms in total. The molecular formula is C18H15ClN6O3. The van der Waals surface area contributed by atoms with E-state index in [9.17, 15) is 4.79 Å². The fraction of sp³-hybridized carbons (Fsp3) is 0.278. The van der Waals surface area contributed by atoms with Gasteiger partial charge in [0.1, 0.15) is 11.3 Å². The number of pyridine rings is 2. The summed E-state index contributed by atoms with van der Waals surface area (Å²) in [6.45, 7) is 2.52. The molecule has 4 rings (SSSR count). The SMILES string of the molecule is CC(=O)N1CC(Oc2ncc([C@]3(N=[N+]=[N-])C=CC=CO3)c3cc(Cl)ncc23)C1. The Morgan fingerprint density at radius 3 is 2.89 bits per heavy atom. The predicted molar refractivity (Wildman–Crippen MR) is 101 cm³/mol. The number of nitrogens with zero attached hydrogens (tertiary/aromatic N) is 6. The number of azide groups is 1. The molecule has 0 aliphatic carbocycles. The molecule has 1 fully saturated rings. The lowest BCUT2D eigenvalue weighted by Gasteiger charge is -2.38. The average Bonchev–Trinajstić information content (AvgIpc) is 2.64. The Bertz CT molecular complexity index is 1060. The highest BCUT2D eigenvalue weighted by molar-refractivity contribution is 6.30. The van der Waals surface area contributed by atoms with Crippen LogP contribution in [-0.4, -0.2) is 40.0 Å². The van der Waals surface area contributed by atoms with Crippen LogP contribution in [0.4, 0.5) is 0 Å². The van der Waals surface area contributed by atoms with E-state index in [1.54, 1.807) is 35.4 Å². The molecule has 0 radical (unpaired) electrons. The molecule has 0 unspecified atom stereocenters. The van der Waals surface area contributed by atoms with E-state index in [0.29, 0.717) is 35.3 Å². The molecule has 2 aromatic rings. The third-order valence-electron chi connectivity index (χ3n) is 4.61. The van der Waals surface area contributed by atoms with Gasteiger partial charge in [0, 0.05) is 35.2 Å². The fourth-order valence-corrected chi connectivity index (χ4v) is 3.29. The van der Waals surface area contributed by atoms with Gasteiger partial charge in [0.05, 0.1) is 24.7 Å². The van der Waals surface area contributed by atoms with Crippen molar-refractivity contribution in [2.45, 2.75) is 18.8 Å². The number of ether oxygens (including phenoxy) is 2. The van der Waals surface area contributed by atoms with Crippen molar-refractivity contribution in [2.24, 2.45) is 5.11 Å². The second kappa shape index (κ2) is 7.03. The number of amides is 1. The first-order valence-electron chi connectivity index (χ1n) is 8.48. The summed E-state index contributed by atoms with van der Waals surface area (Å²) in [5.41, 5.74) is 8.18. The zero-order chi connectivity index (χ0) is 19.7. The molecule has 4 heterocycles. The van der Waals surface area contributed by atoms with Gasteiger partial charge in [0.2, 0.25) is 17.5 Å². The first-order chi connectivity index (χ1) is 13.5. The van der Waals surface area contributed by atoms with Crippen LogP contribution in [0.15, 0.2) is 48.1 Å². The normalized spacial score (nSPS) is 21.0. The van der Waals surface area contributed by atoms with E-state index in [-0.39, 0.29) is 17.2 Å². The maximum absolute atomic E-state index is 11.4. The topological polar surface area (TPSA) is 113 Å². The summed E-state index contributed by atoms with van der Waals surface area (Å²) in [5, 5.41) is 5.35. The van der Waals surface area contributed by atoms with Gasteiger partial charge in [-0.2, -0.15) is 0 Å². The highest BCUT2D eigenvalue weighted by atomic mass is 35.5. The Hall–Kier alpha value is -3.29. The second-order valence-corrected chi connectivity index (χ2v) is 6.77. The van der Waals surface area contributed by atoms with E-state index in [2.05, 4.69) is 20.0 Å². The number of allylic oxidation sites excluding steroid dienone is 2.